The van der Waals surface area contributed by atoms with Crippen LogP contribution in [0.5, 0.6) is 0 Å². The minimum absolute atomic E-state index is 0.0343. The van der Waals surface area contributed by atoms with Gasteiger partial charge in [0.05, 0.1) is 51.2 Å². The molecule has 4 aliphatic heterocycles. The van der Waals surface area contributed by atoms with Gasteiger partial charge in [-0.1, -0.05) is 0 Å². The first-order valence-corrected chi connectivity index (χ1v) is 27.0. The Morgan fingerprint density at radius 3 is 1.19 bits per heavy atom. The molecular weight excluding hydrogens is 1040 g/mol. The second-order valence-electron chi connectivity index (χ2n) is 23.0. The number of esters is 3. The van der Waals surface area contributed by atoms with Crippen molar-refractivity contribution in [3.63, 3.8) is 0 Å². The zero-order valence-electron chi connectivity index (χ0n) is 50.6. The maximum absolute atomic E-state index is 12.3. The molecule has 456 valence electrons. The first kappa shape index (κ1) is 71.5. The monoisotopic (exact) mass is 1130 g/mol. The van der Waals surface area contributed by atoms with Gasteiger partial charge in [-0.2, -0.15) is 0 Å². The lowest BCUT2D eigenvalue weighted by atomic mass is 9.94. The highest BCUT2D eigenvalue weighted by Gasteiger charge is 2.42. The summed E-state index contributed by atoms with van der Waals surface area (Å²) in [6, 6.07) is 0. The van der Waals surface area contributed by atoms with Crippen LogP contribution >= 0.6 is 0 Å². The number of hydrogen-bond acceptors (Lipinski definition) is 20. The molecule has 0 aromatic rings. The van der Waals surface area contributed by atoms with Gasteiger partial charge in [-0.15, -0.1) is 0 Å². The molecule has 0 radical (unpaired) electrons. The van der Waals surface area contributed by atoms with E-state index in [0.29, 0.717) is 45.5 Å². The van der Waals surface area contributed by atoms with Crippen LogP contribution in [0.4, 0.5) is 19.2 Å². The van der Waals surface area contributed by atoms with E-state index in [4.69, 9.17) is 47.5 Å². The van der Waals surface area contributed by atoms with Gasteiger partial charge in [0.2, 0.25) is 0 Å². The number of nitrogens with zero attached hydrogens (tertiary/aromatic N) is 5. The standard InChI is InChI=1S/C14H26N2O5.C14H25NO5.C13H23NO5.C13H21NO5/c1-14(2,3)21-13(18)16-8-7-11(19-5)10(9-16)12(17)15(4)20-6;1-6-19-12(16)10-9-15(8-7-11(10)18-5)13(17)20-14(2,3)4;2*1-5-18-11(16)9-8-14(7-6-10(9)15)12(17)19-13(2,3)4/h10-11H,7-9H2,1-6H3;10-11H,6-9H2,1-5H3;9-10,15H,5-8H2,1-4H3;9H,5-8H2,1-4H3. The van der Waals surface area contributed by atoms with Crippen molar-refractivity contribution in [2.45, 2.75) is 170 Å². The number of carbonyl (C=O) groups is 9. The minimum Gasteiger partial charge on any atom is -0.466 e. The Balaban J connectivity index is 0.000000527. The van der Waals surface area contributed by atoms with Crippen molar-refractivity contribution in [1.29, 1.82) is 0 Å². The zero-order chi connectivity index (χ0) is 60.8. The van der Waals surface area contributed by atoms with E-state index in [-0.39, 0.29) is 82.2 Å². The number of likely N-dealkylation sites (tertiary alicyclic amines) is 4. The summed E-state index contributed by atoms with van der Waals surface area (Å²) in [5, 5.41) is 11.0. The molecule has 4 heterocycles. The number of piperidine rings is 4. The summed E-state index contributed by atoms with van der Waals surface area (Å²) in [7, 11) is 6.11. The molecule has 79 heavy (non-hydrogen) atoms. The van der Waals surface area contributed by atoms with Crippen molar-refractivity contribution < 1.29 is 95.7 Å². The molecule has 0 bridgehead atoms. The molecule has 0 aromatic heterocycles. The molecule has 25 heteroatoms. The highest BCUT2D eigenvalue weighted by atomic mass is 16.7. The van der Waals surface area contributed by atoms with Gasteiger partial charge in [0, 0.05) is 80.0 Å². The molecule has 0 saturated carbocycles. The van der Waals surface area contributed by atoms with Crippen molar-refractivity contribution in [2.24, 2.45) is 23.7 Å². The Hall–Kier alpha value is -5.53. The molecule has 4 saturated heterocycles. The Bertz CT molecular complexity index is 1990. The van der Waals surface area contributed by atoms with E-state index in [1.165, 1.54) is 16.9 Å². The van der Waals surface area contributed by atoms with Gasteiger partial charge < -0.3 is 67.3 Å². The molecule has 7 atom stereocenters. The van der Waals surface area contributed by atoms with Crippen molar-refractivity contribution >= 4 is 54.0 Å². The quantitative estimate of drug-likeness (QED) is 0.120. The van der Waals surface area contributed by atoms with Gasteiger partial charge in [-0.05, 0) is 123 Å². The van der Waals surface area contributed by atoms with Crippen LogP contribution in [0, 0.1) is 23.7 Å². The first-order valence-electron chi connectivity index (χ1n) is 27.0. The zero-order valence-corrected chi connectivity index (χ0v) is 50.6. The third-order valence-corrected chi connectivity index (χ3v) is 12.0. The van der Waals surface area contributed by atoms with E-state index >= 15 is 0 Å². The Morgan fingerprint density at radius 1 is 0.494 bits per heavy atom. The fourth-order valence-electron chi connectivity index (χ4n) is 8.13. The molecular formula is C54H95N5O20. The number of aliphatic hydroxyl groups is 1. The van der Waals surface area contributed by atoms with Crippen LogP contribution in [0.15, 0.2) is 0 Å². The van der Waals surface area contributed by atoms with Gasteiger partial charge >= 0.3 is 42.3 Å². The summed E-state index contributed by atoms with van der Waals surface area (Å²) < 4.78 is 46.6. The van der Waals surface area contributed by atoms with E-state index in [0.717, 1.165) is 5.06 Å². The lowest BCUT2D eigenvalue weighted by Crippen LogP contribution is -2.53. The van der Waals surface area contributed by atoms with Crippen molar-refractivity contribution in [2.75, 3.05) is 101 Å². The maximum Gasteiger partial charge on any atom is 0.410 e. The molecule has 4 fully saturated rings. The molecule has 5 amide bonds. The fraction of sp³-hybridized carbons (Fsp3) is 0.833. The number of aliphatic hydroxyl groups excluding tert-OH is 1. The largest absolute Gasteiger partial charge is 0.466 e. The van der Waals surface area contributed by atoms with Gasteiger partial charge in [0.1, 0.15) is 40.2 Å². The van der Waals surface area contributed by atoms with E-state index in [1.54, 1.807) is 93.4 Å². The van der Waals surface area contributed by atoms with Gasteiger partial charge in [-0.3, -0.25) is 28.8 Å². The molecule has 0 spiro atoms. The molecule has 4 rings (SSSR count). The number of rotatable bonds is 10. The Kier molecular flexibility index (Phi) is 29.5. The van der Waals surface area contributed by atoms with Crippen LogP contribution in [0.25, 0.3) is 0 Å². The van der Waals surface area contributed by atoms with Crippen LogP contribution in [-0.2, 0) is 71.4 Å². The normalized spacial score (nSPS) is 22.6. The summed E-state index contributed by atoms with van der Waals surface area (Å²) in [5.41, 5.74) is -2.28. The molecule has 0 aliphatic carbocycles. The van der Waals surface area contributed by atoms with Crippen molar-refractivity contribution in [1.82, 2.24) is 24.7 Å². The van der Waals surface area contributed by atoms with Crippen LogP contribution in [0.1, 0.15) is 130 Å². The van der Waals surface area contributed by atoms with Gasteiger partial charge in [0.25, 0.3) is 5.91 Å². The topological polar surface area (TPSA) is 282 Å². The molecule has 25 nitrogen and oxygen atoms in total. The SMILES string of the molecule is CCOC(=O)C1CN(C(=O)OC(C)(C)C)CCC1=O.CCOC(=O)C1CN(C(=O)OC(C)(C)C)CCC1O.CCOC(=O)C1CN(C(=O)OC(C)(C)C)CCC1OC.COC1CCN(C(=O)OC(C)(C)C)CC1C(=O)N(C)OC. The van der Waals surface area contributed by atoms with Crippen molar-refractivity contribution in [3.8, 4) is 0 Å². The van der Waals surface area contributed by atoms with Crippen molar-refractivity contribution in [3.05, 3.63) is 0 Å². The number of carbonyl (C=O) groups excluding carboxylic acids is 9. The average Bonchev–Trinajstić information content (AvgIpc) is 3.34. The lowest BCUT2D eigenvalue weighted by Gasteiger charge is -2.38. The molecule has 0 aromatic carbocycles. The number of hydroxylamine groups is 2. The maximum atomic E-state index is 12.3. The van der Waals surface area contributed by atoms with E-state index in [1.807, 2.05) is 41.5 Å². The summed E-state index contributed by atoms with van der Waals surface area (Å²) in [6.07, 6.45) is -1.30. The number of hydrogen-bond donors (Lipinski definition) is 1. The van der Waals surface area contributed by atoms with E-state index in [2.05, 4.69) is 0 Å². The van der Waals surface area contributed by atoms with E-state index in [9.17, 15) is 48.3 Å². The second kappa shape index (κ2) is 32.7. The second-order valence-corrected chi connectivity index (χ2v) is 23.0. The van der Waals surface area contributed by atoms with Gasteiger partial charge in [0.15, 0.2) is 5.78 Å². The Morgan fingerprint density at radius 2 is 0.823 bits per heavy atom. The average molecular weight is 1130 g/mol. The number of amides is 5. The summed E-state index contributed by atoms with van der Waals surface area (Å²) in [4.78, 5) is 118. The summed E-state index contributed by atoms with van der Waals surface area (Å²) in [5.74, 6) is -4.25. The summed E-state index contributed by atoms with van der Waals surface area (Å²) >= 11 is 0. The smallest absolute Gasteiger partial charge is 0.410 e. The van der Waals surface area contributed by atoms with Crippen LogP contribution < -0.4 is 0 Å². The Labute approximate surface area is 467 Å². The number of ether oxygens (including phenoxy) is 9. The molecule has 1 N–H and O–H groups in total. The number of Topliss-reactive ketones (excluding diaryl/α,β-unsaturated/α-hetero) is 1. The van der Waals surface area contributed by atoms with Gasteiger partial charge in [-0.25, -0.2) is 24.2 Å². The minimum atomic E-state index is -0.888. The highest BCUT2D eigenvalue weighted by molar-refractivity contribution is 6.00. The lowest BCUT2D eigenvalue weighted by molar-refractivity contribution is -0.180. The fourth-order valence-corrected chi connectivity index (χ4v) is 8.13. The predicted molar refractivity (Wildman–Crippen MR) is 286 cm³/mol. The number of methoxy groups -OCH3 is 2. The summed E-state index contributed by atoms with van der Waals surface area (Å²) in [6.45, 7) is 29.9. The van der Waals surface area contributed by atoms with Crippen LogP contribution in [0.2, 0.25) is 0 Å². The predicted octanol–water partition coefficient (Wildman–Crippen LogP) is 5.64. The number of ketones is 1. The third kappa shape index (κ3) is 26.1. The van der Waals surface area contributed by atoms with Crippen LogP contribution in [-0.4, -0.2) is 225 Å². The first-order chi connectivity index (χ1) is 36.5. The van der Waals surface area contributed by atoms with E-state index < -0.39 is 88.5 Å². The highest BCUT2D eigenvalue weighted by Crippen LogP contribution is 2.26. The molecule has 7 unspecified atom stereocenters. The molecule has 4 aliphatic rings. The van der Waals surface area contributed by atoms with Crippen LogP contribution in [0.3, 0.4) is 0 Å². The third-order valence-electron chi connectivity index (χ3n) is 12.0.